The summed E-state index contributed by atoms with van der Waals surface area (Å²) in [6, 6.07) is 8.39. The Morgan fingerprint density at radius 3 is 2.54 bits per heavy atom. The van der Waals surface area contributed by atoms with Crippen LogP contribution in [0.5, 0.6) is 0 Å². The highest BCUT2D eigenvalue weighted by Crippen LogP contribution is 2.23. The monoisotopic (exact) mass is 325 g/mol. The van der Waals surface area contributed by atoms with Crippen molar-refractivity contribution in [2.45, 2.75) is 6.54 Å². The molecule has 0 aliphatic heterocycles. The Labute approximate surface area is 137 Å². The molecule has 0 saturated heterocycles. The van der Waals surface area contributed by atoms with E-state index in [1.165, 1.54) is 24.5 Å². The summed E-state index contributed by atoms with van der Waals surface area (Å²) in [5.74, 6) is -1.69. The van der Waals surface area contributed by atoms with Crippen LogP contribution >= 0.6 is 0 Å². The average molecular weight is 325 g/mol. The van der Waals surface area contributed by atoms with Gasteiger partial charge in [-0.05, 0) is 35.9 Å². The first-order chi connectivity index (χ1) is 11.6. The minimum absolute atomic E-state index is 0.188. The highest BCUT2D eigenvalue weighted by atomic mass is 19.1. The summed E-state index contributed by atoms with van der Waals surface area (Å²) < 4.78 is 26.9. The van der Waals surface area contributed by atoms with Crippen molar-refractivity contribution in [3.05, 3.63) is 83.9 Å². The van der Waals surface area contributed by atoms with Gasteiger partial charge in [-0.3, -0.25) is 14.8 Å². The van der Waals surface area contributed by atoms with E-state index in [0.717, 1.165) is 17.7 Å². The zero-order chi connectivity index (χ0) is 16.9. The Morgan fingerprint density at radius 1 is 1.00 bits per heavy atom. The van der Waals surface area contributed by atoms with Crippen LogP contribution in [0.2, 0.25) is 0 Å². The molecule has 2 heterocycles. The van der Waals surface area contributed by atoms with Gasteiger partial charge in [-0.25, -0.2) is 8.78 Å². The van der Waals surface area contributed by atoms with E-state index in [4.69, 9.17) is 0 Å². The molecule has 0 aliphatic rings. The van der Waals surface area contributed by atoms with Crippen LogP contribution in [-0.4, -0.2) is 15.9 Å². The molecule has 0 atom stereocenters. The number of carbonyl (C=O) groups is 1. The van der Waals surface area contributed by atoms with E-state index in [1.54, 1.807) is 24.5 Å². The number of benzene rings is 1. The van der Waals surface area contributed by atoms with Crippen LogP contribution in [0.4, 0.5) is 8.78 Å². The van der Waals surface area contributed by atoms with Crippen molar-refractivity contribution in [3.8, 4) is 11.1 Å². The van der Waals surface area contributed by atoms with Gasteiger partial charge in [0.25, 0.3) is 5.91 Å². The Hall–Kier alpha value is -3.15. The quantitative estimate of drug-likeness (QED) is 0.800. The molecule has 1 aromatic carbocycles. The molecule has 2 aromatic heterocycles. The standard InChI is InChI=1S/C18H13F2N3O/c19-15-1-2-16(17(20)8-15)13-7-14(11-22-10-13)18(24)23-9-12-3-5-21-6-4-12/h1-8,10-11H,9H2,(H,23,24). The van der Waals surface area contributed by atoms with Gasteiger partial charge in [-0.2, -0.15) is 0 Å². The molecular weight excluding hydrogens is 312 g/mol. The molecule has 4 nitrogen and oxygen atoms in total. The Balaban J connectivity index is 1.78. The second-order valence-electron chi connectivity index (χ2n) is 5.12. The smallest absolute Gasteiger partial charge is 0.253 e. The fourth-order valence-electron chi connectivity index (χ4n) is 2.22. The number of hydrogen-bond donors (Lipinski definition) is 1. The minimum Gasteiger partial charge on any atom is -0.348 e. The number of aromatic nitrogens is 2. The summed E-state index contributed by atoms with van der Waals surface area (Å²) in [4.78, 5) is 20.1. The first kappa shape index (κ1) is 15.7. The molecule has 0 saturated carbocycles. The molecule has 24 heavy (non-hydrogen) atoms. The lowest BCUT2D eigenvalue weighted by atomic mass is 10.1. The number of rotatable bonds is 4. The number of nitrogens with zero attached hydrogens (tertiary/aromatic N) is 2. The van der Waals surface area contributed by atoms with E-state index >= 15 is 0 Å². The van der Waals surface area contributed by atoms with E-state index in [1.807, 2.05) is 0 Å². The van der Waals surface area contributed by atoms with Gasteiger partial charge in [0.05, 0.1) is 5.56 Å². The topological polar surface area (TPSA) is 54.9 Å². The van der Waals surface area contributed by atoms with Crippen LogP contribution in [0, 0.1) is 11.6 Å². The predicted molar refractivity (Wildman–Crippen MR) is 85.0 cm³/mol. The molecule has 3 rings (SSSR count). The van der Waals surface area contributed by atoms with Crippen molar-refractivity contribution < 1.29 is 13.6 Å². The molecule has 0 bridgehead atoms. The van der Waals surface area contributed by atoms with E-state index in [0.29, 0.717) is 17.7 Å². The van der Waals surface area contributed by atoms with Crippen molar-refractivity contribution in [2.24, 2.45) is 0 Å². The second-order valence-corrected chi connectivity index (χ2v) is 5.12. The third-order valence-electron chi connectivity index (χ3n) is 3.44. The molecule has 0 aliphatic carbocycles. The van der Waals surface area contributed by atoms with Gasteiger partial charge in [0.1, 0.15) is 11.6 Å². The molecule has 120 valence electrons. The number of carbonyl (C=O) groups excluding carboxylic acids is 1. The SMILES string of the molecule is O=C(NCc1ccncc1)c1cncc(-c2ccc(F)cc2F)c1. The number of halogens is 2. The predicted octanol–water partition coefficient (Wildman–Crippen LogP) is 3.35. The molecule has 0 unspecified atom stereocenters. The molecule has 3 aromatic rings. The zero-order valence-electron chi connectivity index (χ0n) is 12.5. The fourth-order valence-corrected chi connectivity index (χ4v) is 2.22. The third kappa shape index (κ3) is 3.60. The maximum Gasteiger partial charge on any atom is 0.253 e. The Bertz CT molecular complexity index is 869. The largest absolute Gasteiger partial charge is 0.348 e. The van der Waals surface area contributed by atoms with Crippen LogP contribution < -0.4 is 5.32 Å². The van der Waals surface area contributed by atoms with Gasteiger partial charge in [0.2, 0.25) is 0 Å². The van der Waals surface area contributed by atoms with E-state index in [2.05, 4.69) is 15.3 Å². The van der Waals surface area contributed by atoms with Crippen molar-refractivity contribution >= 4 is 5.91 Å². The summed E-state index contributed by atoms with van der Waals surface area (Å²) in [6.45, 7) is 0.344. The number of nitrogens with one attached hydrogen (secondary N) is 1. The molecular formula is C18H13F2N3O. The average Bonchev–Trinajstić information content (AvgIpc) is 2.60. The van der Waals surface area contributed by atoms with E-state index < -0.39 is 11.6 Å². The highest BCUT2D eigenvalue weighted by Gasteiger charge is 2.11. The van der Waals surface area contributed by atoms with Gasteiger partial charge in [-0.1, -0.05) is 0 Å². The summed E-state index contributed by atoms with van der Waals surface area (Å²) >= 11 is 0. The van der Waals surface area contributed by atoms with Crippen molar-refractivity contribution in [1.29, 1.82) is 0 Å². The maximum absolute atomic E-state index is 13.9. The molecule has 6 heteroatoms. The fraction of sp³-hybridized carbons (Fsp3) is 0.0556. The van der Waals surface area contributed by atoms with Crippen LogP contribution in [0.25, 0.3) is 11.1 Å². The lowest BCUT2D eigenvalue weighted by molar-refractivity contribution is 0.0950. The van der Waals surface area contributed by atoms with Crippen LogP contribution in [-0.2, 0) is 6.54 Å². The molecule has 0 spiro atoms. The first-order valence-corrected chi connectivity index (χ1v) is 7.21. The van der Waals surface area contributed by atoms with Crippen LogP contribution in [0.15, 0.2) is 61.2 Å². The van der Waals surface area contributed by atoms with Gasteiger partial charge in [0.15, 0.2) is 0 Å². The molecule has 1 amide bonds. The Morgan fingerprint density at radius 2 is 1.79 bits per heavy atom. The van der Waals surface area contributed by atoms with Gasteiger partial charge in [-0.15, -0.1) is 0 Å². The van der Waals surface area contributed by atoms with Crippen LogP contribution in [0.3, 0.4) is 0 Å². The Kier molecular flexibility index (Phi) is 4.56. The van der Waals surface area contributed by atoms with E-state index in [-0.39, 0.29) is 11.5 Å². The minimum atomic E-state index is -0.703. The second kappa shape index (κ2) is 6.95. The van der Waals surface area contributed by atoms with Crippen LogP contribution in [0.1, 0.15) is 15.9 Å². The number of hydrogen-bond acceptors (Lipinski definition) is 3. The first-order valence-electron chi connectivity index (χ1n) is 7.21. The van der Waals surface area contributed by atoms with Crippen molar-refractivity contribution in [3.63, 3.8) is 0 Å². The van der Waals surface area contributed by atoms with Crippen molar-refractivity contribution in [2.75, 3.05) is 0 Å². The molecule has 0 fully saturated rings. The normalized spacial score (nSPS) is 10.4. The van der Waals surface area contributed by atoms with Gasteiger partial charge >= 0.3 is 0 Å². The number of pyridine rings is 2. The van der Waals surface area contributed by atoms with E-state index in [9.17, 15) is 13.6 Å². The van der Waals surface area contributed by atoms with Crippen molar-refractivity contribution in [1.82, 2.24) is 15.3 Å². The maximum atomic E-state index is 13.9. The summed E-state index contributed by atoms with van der Waals surface area (Å²) in [7, 11) is 0. The zero-order valence-corrected chi connectivity index (χ0v) is 12.5. The van der Waals surface area contributed by atoms with Gasteiger partial charge in [0, 0.05) is 48.5 Å². The lowest BCUT2D eigenvalue weighted by Gasteiger charge is -2.07. The van der Waals surface area contributed by atoms with Gasteiger partial charge < -0.3 is 5.32 Å². The highest BCUT2D eigenvalue weighted by molar-refractivity contribution is 5.95. The third-order valence-corrected chi connectivity index (χ3v) is 3.44. The lowest BCUT2D eigenvalue weighted by Crippen LogP contribution is -2.22. The summed E-state index contributed by atoms with van der Waals surface area (Å²) in [6.07, 6.45) is 6.10. The number of amides is 1. The molecule has 0 radical (unpaired) electrons. The molecule has 1 N–H and O–H groups in total. The summed E-state index contributed by atoms with van der Waals surface area (Å²) in [5, 5.41) is 2.76. The summed E-state index contributed by atoms with van der Waals surface area (Å²) in [5.41, 5.74) is 1.80.